The Bertz CT molecular complexity index is 1300. The first-order chi connectivity index (χ1) is 19.0. The number of epoxide rings is 2. The molecule has 17 nitrogen and oxygen atoms in total. The van der Waals surface area contributed by atoms with Gasteiger partial charge in [-0.2, -0.15) is 16.8 Å². The van der Waals surface area contributed by atoms with Crippen LogP contribution in [-0.4, -0.2) is 82.4 Å². The minimum atomic E-state index is -4.79. The van der Waals surface area contributed by atoms with Crippen LogP contribution in [0.1, 0.15) is 0 Å². The molecular weight excluding hydrogens is 608 g/mol. The average Bonchev–Trinajstić information content (AvgIpc) is 3.81. The van der Waals surface area contributed by atoms with Crippen molar-refractivity contribution in [3.63, 3.8) is 0 Å². The van der Waals surface area contributed by atoms with Crippen LogP contribution in [0.3, 0.4) is 0 Å². The number of ether oxygens (including phenoxy) is 6. The van der Waals surface area contributed by atoms with E-state index in [4.69, 9.17) is 37.5 Å². The highest BCUT2D eigenvalue weighted by atomic mass is 32.3. The Morgan fingerprint density at radius 3 is 1.45 bits per heavy atom. The van der Waals surface area contributed by atoms with Crippen LogP contribution in [0.4, 0.5) is 0 Å². The fraction of sp³-hybridized carbons (Fsp3) is 0.400. The minimum absolute atomic E-state index is 0.134. The van der Waals surface area contributed by atoms with Gasteiger partial charge in [-0.25, -0.2) is 14.0 Å². The van der Waals surface area contributed by atoms with Crippen molar-refractivity contribution in [2.45, 2.75) is 22.4 Å². The van der Waals surface area contributed by atoms with Crippen molar-refractivity contribution in [2.75, 3.05) is 39.6 Å². The Hall–Kier alpha value is -2.63. The lowest BCUT2D eigenvalue weighted by Gasteiger charge is -2.15. The summed E-state index contributed by atoms with van der Waals surface area (Å²) < 4.78 is 113. The summed E-state index contributed by atoms with van der Waals surface area (Å²) in [6.07, 6.45) is -0.959. The Balaban J connectivity index is 1.45. The summed E-state index contributed by atoms with van der Waals surface area (Å²) in [4.78, 5) is 9.24. The first kappa shape index (κ1) is 30.3. The fourth-order valence-electron chi connectivity index (χ4n) is 2.82. The fourth-order valence-corrected chi connectivity index (χ4v) is 4.29. The van der Waals surface area contributed by atoms with Gasteiger partial charge < -0.3 is 28.4 Å². The zero-order chi connectivity index (χ0) is 28.8. The second kappa shape index (κ2) is 13.4. The van der Waals surface area contributed by atoms with Crippen molar-refractivity contribution in [1.29, 1.82) is 0 Å². The van der Waals surface area contributed by atoms with Crippen molar-refractivity contribution < 1.29 is 77.0 Å². The van der Waals surface area contributed by atoms with E-state index in [0.717, 1.165) is 0 Å². The van der Waals surface area contributed by atoms with Gasteiger partial charge in [-0.3, -0.25) is 9.11 Å². The Labute approximate surface area is 229 Å². The number of hydrogen-bond acceptors (Lipinski definition) is 15. The average molecular weight is 631 g/mol. The summed E-state index contributed by atoms with van der Waals surface area (Å²) in [5.41, 5.74) is 0. The van der Waals surface area contributed by atoms with Gasteiger partial charge in [-0.15, -0.1) is 0 Å². The van der Waals surface area contributed by atoms with Gasteiger partial charge in [0.05, 0.1) is 10.8 Å². The maximum absolute atomic E-state index is 13.4. The van der Waals surface area contributed by atoms with Crippen LogP contribution < -0.4 is 18.9 Å². The maximum Gasteiger partial charge on any atom is 0.424 e. The zero-order valence-electron chi connectivity index (χ0n) is 20.1. The normalized spacial score (nSPS) is 19.1. The van der Waals surface area contributed by atoms with Crippen molar-refractivity contribution in [3.8, 4) is 23.0 Å². The molecule has 0 aliphatic carbocycles. The molecule has 2 aromatic rings. The molecule has 2 aromatic carbocycles. The van der Waals surface area contributed by atoms with Gasteiger partial charge in [0.15, 0.2) is 23.0 Å². The van der Waals surface area contributed by atoms with E-state index in [2.05, 4.69) is 18.4 Å². The topological polar surface area (TPSA) is 225 Å². The van der Waals surface area contributed by atoms with Gasteiger partial charge in [-0.05, 0) is 24.3 Å². The van der Waals surface area contributed by atoms with Gasteiger partial charge >= 0.3 is 20.8 Å². The highest BCUT2D eigenvalue weighted by Gasteiger charge is 2.28. The maximum atomic E-state index is 13.4. The molecule has 0 saturated carbocycles. The molecule has 2 aliphatic heterocycles. The minimum Gasteiger partial charge on any atom is -0.487 e. The van der Waals surface area contributed by atoms with Gasteiger partial charge in [0.2, 0.25) is 12.6 Å². The van der Waals surface area contributed by atoms with E-state index in [1.165, 1.54) is 36.4 Å². The zero-order valence-corrected chi connectivity index (χ0v) is 22.6. The van der Waals surface area contributed by atoms with E-state index < -0.39 is 57.4 Å². The van der Waals surface area contributed by atoms with Crippen LogP contribution in [-0.2, 0) is 59.5 Å². The van der Waals surface area contributed by atoms with E-state index in [-0.39, 0.29) is 46.0 Å². The van der Waals surface area contributed by atoms with E-state index in [0.29, 0.717) is 13.2 Å². The van der Waals surface area contributed by atoms with E-state index in [1.54, 1.807) is 0 Å². The second-order valence-electron chi connectivity index (χ2n) is 7.58. The molecule has 2 saturated heterocycles. The lowest BCUT2D eigenvalue weighted by atomic mass is 10.3. The standard InChI is InChI=1S/C20H22O17S3/c21-38(13-1-3-15(34-19-11-30-19)17(9-13)28-5-7-32-36-39(22,23)24)14-2-4-16(35-20-12-31-20)18(10-14)29-6-8-33-37-40(25,26)27/h1-4,9-10,19-20H,5-8,11-12H2,(H,22,23,24)(H,25,26,27). The first-order valence-corrected chi connectivity index (χ1v) is 14.9. The van der Waals surface area contributed by atoms with Crippen molar-refractivity contribution in [1.82, 2.24) is 0 Å². The van der Waals surface area contributed by atoms with Crippen LogP contribution in [0.2, 0.25) is 0 Å². The summed E-state index contributed by atoms with van der Waals surface area (Å²) >= 11 is 0. The highest BCUT2D eigenvalue weighted by Crippen LogP contribution is 2.36. The summed E-state index contributed by atoms with van der Waals surface area (Å²) in [5, 5.41) is 0. The van der Waals surface area contributed by atoms with Gasteiger partial charge in [0.1, 0.15) is 39.6 Å². The monoisotopic (exact) mass is 630 g/mol. The molecule has 0 amide bonds. The molecule has 20 heteroatoms. The molecule has 4 rings (SSSR count). The third-order valence-corrected chi connectivity index (χ3v) is 6.40. The molecule has 0 radical (unpaired) electrons. The quantitative estimate of drug-likeness (QED) is 0.0755. The molecule has 0 aromatic heterocycles. The van der Waals surface area contributed by atoms with Crippen molar-refractivity contribution in [2.24, 2.45) is 0 Å². The van der Waals surface area contributed by atoms with E-state index >= 15 is 0 Å². The molecule has 0 spiro atoms. The SMILES string of the molecule is O=S(c1ccc(OC2CO2)c(OCCOOS(=O)(=O)O)c1)c1ccc(OC2CO2)c(OCCOOS(=O)(=O)O)c1. The van der Waals surface area contributed by atoms with Crippen LogP contribution in [0.25, 0.3) is 0 Å². The van der Waals surface area contributed by atoms with Gasteiger partial charge in [0.25, 0.3) is 0 Å². The molecule has 0 bridgehead atoms. The van der Waals surface area contributed by atoms with Crippen LogP contribution in [0, 0.1) is 0 Å². The summed E-state index contributed by atoms with van der Waals surface area (Å²) in [6.45, 7) is -0.506. The molecule has 2 fully saturated rings. The van der Waals surface area contributed by atoms with Gasteiger partial charge in [0, 0.05) is 21.9 Å². The third-order valence-electron chi connectivity index (χ3n) is 4.50. The smallest absolute Gasteiger partial charge is 0.424 e. The van der Waals surface area contributed by atoms with Crippen LogP contribution >= 0.6 is 0 Å². The lowest BCUT2D eigenvalue weighted by molar-refractivity contribution is -0.211. The van der Waals surface area contributed by atoms with E-state index in [9.17, 15) is 21.0 Å². The molecule has 222 valence electrons. The summed E-state index contributed by atoms with van der Waals surface area (Å²) in [7, 11) is -11.4. The Morgan fingerprint density at radius 1 is 0.700 bits per heavy atom. The molecule has 40 heavy (non-hydrogen) atoms. The predicted octanol–water partition coefficient (Wildman–Crippen LogP) is 0.583. The largest absolute Gasteiger partial charge is 0.487 e. The molecule has 2 N–H and O–H groups in total. The summed E-state index contributed by atoms with van der Waals surface area (Å²) in [6, 6.07) is 8.93. The Morgan fingerprint density at radius 2 is 1.10 bits per heavy atom. The number of hydrogen-bond donors (Lipinski definition) is 2. The lowest BCUT2D eigenvalue weighted by Crippen LogP contribution is -2.12. The van der Waals surface area contributed by atoms with Crippen LogP contribution in [0.15, 0.2) is 46.2 Å². The third kappa shape index (κ3) is 10.4. The Kier molecular flexibility index (Phi) is 10.1. The predicted molar refractivity (Wildman–Crippen MR) is 126 cm³/mol. The number of benzene rings is 2. The molecular formula is C20H22O17S3. The van der Waals surface area contributed by atoms with Gasteiger partial charge in [-0.1, -0.05) is 8.67 Å². The first-order valence-electron chi connectivity index (χ1n) is 11.1. The van der Waals surface area contributed by atoms with Crippen molar-refractivity contribution in [3.05, 3.63) is 36.4 Å². The van der Waals surface area contributed by atoms with Crippen LogP contribution in [0.5, 0.6) is 23.0 Å². The summed E-state index contributed by atoms with van der Waals surface area (Å²) in [5.74, 6) is 0.775. The molecule has 2 unspecified atom stereocenters. The molecule has 2 heterocycles. The van der Waals surface area contributed by atoms with Crippen molar-refractivity contribution >= 4 is 31.6 Å². The highest BCUT2D eigenvalue weighted by molar-refractivity contribution is 7.85. The number of rotatable bonds is 18. The second-order valence-corrected chi connectivity index (χ2v) is 11.0. The van der Waals surface area contributed by atoms with E-state index in [1.807, 2.05) is 0 Å². The molecule has 2 atom stereocenters. The molecule has 2 aliphatic rings.